The highest BCUT2D eigenvalue weighted by atomic mass is 16.5. The Kier molecular flexibility index (Phi) is 3.65. The maximum absolute atomic E-state index is 7.34. The molecule has 0 aromatic carbocycles. The number of anilines is 3. The lowest BCUT2D eigenvalue weighted by Crippen LogP contribution is -2.12. The number of hydrogen-bond donors (Lipinski definition) is 4. The number of rotatable bonds is 4. The largest absolute Gasteiger partial charge is 0.469 e. The number of pyridine rings is 1. The predicted molar refractivity (Wildman–Crippen MR) is 76.4 cm³/mol. The van der Waals surface area contributed by atoms with Gasteiger partial charge in [-0.3, -0.25) is 0 Å². The lowest BCUT2D eigenvalue weighted by Gasteiger charge is -2.17. The van der Waals surface area contributed by atoms with Crippen LogP contribution in [0.4, 0.5) is 17.6 Å². The number of ether oxygens (including phenoxy) is 1. The van der Waals surface area contributed by atoms with Gasteiger partial charge in [-0.2, -0.15) is 9.97 Å². The van der Waals surface area contributed by atoms with Gasteiger partial charge in [0.2, 0.25) is 11.8 Å². The zero-order valence-corrected chi connectivity index (χ0v) is 10.9. The number of nitrogen functional groups attached to an aromatic ring is 3. The van der Waals surface area contributed by atoms with Gasteiger partial charge in [-0.25, -0.2) is 4.98 Å². The van der Waals surface area contributed by atoms with Crippen LogP contribution in [0.5, 0.6) is 5.88 Å². The summed E-state index contributed by atoms with van der Waals surface area (Å²) < 4.78 is 5.68. The van der Waals surface area contributed by atoms with Crippen LogP contribution in [0.25, 0.3) is 0 Å². The average Bonchev–Trinajstić information content (AvgIpc) is 2.38. The molecule has 0 saturated heterocycles. The highest BCUT2D eigenvalue weighted by Crippen LogP contribution is 2.27. The Morgan fingerprint density at radius 3 is 2.65 bits per heavy atom. The highest BCUT2D eigenvalue weighted by Gasteiger charge is 2.16. The molecule has 1 unspecified atom stereocenters. The van der Waals surface area contributed by atoms with Crippen LogP contribution in [0.1, 0.15) is 24.2 Å². The van der Waals surface area contributed by atoms with Crippen LogP contribution in [0.2, 0.25) is 0 Å². The summed E-state index contributed by atoms with van der Waals surface area (Å²) in [5.74, 6) is 0.579. The average molecular weight is 273 g/mol. The second kappa shape index (κ2) is 5.39. The lowest BCUT2D eigenvalue weighted by atomic mass is 10.1. The molecule has 1 atom stereocenters. The van der Waals surface area contributed by atoms with Crippen molar-refractivity contribution in [1.82, 2.24) is 15.0 Å². The standard InChI is InChI=1S/C12H15N7O/c1-6(7-3-2-4-17-9(7)14)20-11-8(5-13)10(15)18-12(16)19-11/h2-6,13H,1H3,(H2,14,17)(H4,15,16,18,19). The number of aromatic nitrogens is 3. The van der Waals surface area contributed by atoms with E-state index in [1.807, 2.05) is 0 Å². The van der Waals surface area contributed by atoms with Crippen molar-refractivity contribution in [2.24, 2.45) is 0 Å². The van der Waals surface area contributed by atoms with Crippen molar-refractivity contribution >= 4 is 23.8 Å². The van der Waals surface area contributed by atoms with E-state index in [2.05, 4.69) is 15.0 Å². The molecule has 2 heterocycles. The van der Waals surface area contributed by atoms with E-state index in [9.17, 15) is 0 Å². The molecule has 0 aliphatic carbocycles. The van der Waals surface area contributed by atoms with Gasteiger partial charge >= 0.3 is 0 Å². The summed E-state index contributed by atoms with van der Waals surface area (Å²) in [6.45, 7) is 1.79. The summed E-state index contributed by atoms with van der Waals surface area (Å²) >= 11 is 0. The minimum atomic E-state index is -0.420. The van der Waals surface area contributed by atoms with E-state index < -0.39 is 6.10 Å². The molecule has 2 rings (SSSR count). The summed E-state index contributed by atoms with van der Waals surface area (Å²) in [6, 6.07) is 3.55. The first-order chi connectivity index (χ1) is 9.52. The van der Waals surface area contributed by atoms with Gasteiger partial charge in [0.25, 0.3) is 0 Å². The van der Waals surface area contributed by atoms with Gasteiger partial charge in [-0.15, -0.1) is 0 Å². The van der Waals surface area contributed by atoms with E-state index in [0.29, 0.717) is 11.4 Å². The Bertz CT molecular complexity index is 644. The summed E-state index contributed by atoms with van der Waals surface area (Å²) in [4.78, 5) is 11.7. The lowest BCUT2D eigenvalue weighted by molar-refractivity contribution is 0.217. The van der Waals surface area contributed by atoms with Crippen LogP contribution in [0.3, 0.4) is 0 Å². The summed E-state index contributed by atoms with van der Waals surface area (Å²) in [5.41, 5.74) is 18.0. The molecule has 8 nitrogen and oxygen atoms in total. The topological polar surface area (TPSA) is 150 Å². The van der Waals surface area contributed by atoms with Crippen molar-refractivity contribution in [1.29, 1.82) is 5.41 Å². The number of nitrogens with zero attached hydrogens (tertiary/aromatic N) is 3. The van der Waals surface area contributed by atoms with Crippen LogP contribution in [0, 0.1) is 5.41 Å². The van der Waals surface area contributed by atoms with Crippen LogP contribution in [-0.2, 0) is 0 Å². The van der Waals surface area contributed by atoms with E-state index in [-0.39, 0.29) is 23.2 Å². The molecular formula is C12H15N7O. The number of hydrogen-bond acceptors (Lipinski definition) is 8. The molecular weight excluding hydrogens is 258 g/mol. The molecule has 0 aliphatic rings. The van der Waals surface area contributed by atoms with E-state index >= 15 is 0 Å². The molecule has 0 aliphatic heterocycles. The highest BCUT2D eigenvalue weighted by molar-refractivity contribution is 5.86. The molecule has 2 aromatic heterocycles. The molecule has 0 saturated carbocycles. The van der Waals surface area contributed by atoms with Crippen molar-refractivity contribution in [3.05, 3.63) is 29.5 Å². The van der Waals surface area contributed by atoms with Gasteiger partial charge in [0, 0.05) is 18.0 Å². The second-order valence-corrected chi connectivity index (χ2v) is 4.07. The van der Waals surface area contributed by atoms with Crippen LogP contribution >= 0.6 is 0 Å². The third-order valence-corrected chi connectivity index (χ3v) is 2.70. The molecule has 8 heteroatoms. The molecule has 20 heavy (non-hydrogen) atoms. The van der Waals surface area contributed by atoms with Crippen molar-refractivity contribution in [3.63, 3.8) is 0 Å². The summed E-state index contributed by atoms with van der Waals surface area (Å²) in [5, 5.41) is 7.34. The smallest absolute Gasteiger partial charge is 0.230 e. The van der Waals surface area contributed by atoms with Gasteiger partial charge in [0.15, 0.2) is 0 Å². The maximum atomic E-state index is 7.34. The Morgan fingerprint density at radius 2 is 2.00 bits per heavy atom. The molecule has 0 radical (unpaired) electrons. The summed E-state index contributed by atoms with van der Waals surface area (Å²) in [7, 11) is 0. The van der Waals surface area contributed by atoms with Gasteiger partial charge in [-0.1, -0.05) is 6.07 Å². The predicted octanol–water partition coefficient (Wildman–Crippen LogP) is 0.756. The van der Waals surface area contributed by atoms with Crippen LogP contribution < -0.4 is 21.9 Å². The fraction of sp³-hybridized carbons (Fsp3) is 0.167. The van der Waals surface area contributed by atoms with Gasteiger partial charge < -0.3 is 27.3 Å². The Balaban J connectivity index is 2.35. The first-order valence-electron chi connectivity index (χ1n) is 5.83. The van der Waals surface area contributed by atoms with Gasteiger partial charge in [0.1, 0.15) is 17.7 Å². The third kappa shape index (κ3) is 2.58. The third-order valence-electron chi connectivity index (χ3n) is 2.70. The Morgan fingerprint density at radius 1 is 1.25 bits per heavy atom. The van der Waals surface area contributed by atoms with E-state index in [0.717, 1.165) is 6.21 Å². The van der Waals surface area contributed by atoms with Gasteiger partial charge in [-0.05, 0) is 13.0 Å². The first kappa shape index (κ1) is 13.5. The SMILES string of the molecule is CC(Oc1nc(N)nc(N)c1C=N)c1cccnc1N. The van der Waals surface area contributed by atoms with Gasteiger partial charge in [0.05, 0.1) is 5.56 Å². The van der Waals surface area contributed by atoms with Crippen molar-refractivity contribution in [2.45, 2.75) is 13.0 Å². The monoisotopic (exact) mass is 273 g/mol. The second-order valence-electron chi connectivity index (χ2n) is 4.07. The molecule has 0 amide bonds. The van der Waals surface area contributed by atoms with Crippen molar-refractivity contribution in [2.75, 3.05) is 17.2 Å². The fourth-order valence-corrected chi connectivity index (χ4v) is 1.71. The molecule has 7 N–H and O–H groups in total. The molecule has 104 valence electrons. The van der Waals surface area contributed by atoms with E-state index in [1.54, 1.807) is 25.3 Å². The number of nitrogens with two attached hydrogens (primary N) is 3. The van der Waals surface area contributed by atoms with E-state index in [4.69, 9.17) is 27.3 Å². The summed E-state index contributed by atoms with van der Waals surface area (Å²) in [6.07, 6.45) is 2.19. The number of nitrogens with one attached hydrogen (secondary N) is 1. The molecule has 0 fully saturated rings. The Labute approximate surface area is 115 Å². The zero-order chi connectivity index (χ0) is 14.7. The fourth-order valence-electron chi connectivity index (χ4n) is 1.71. The quantitative estimate of drug-likeness (QED) is 0.600. The zero-order valence-electron chi connectivity index (χ0n) is 10.9. The van der Waals surface area contributed by atoms with Crippen molar-refractivity contribution in [3.8, 4) is 5.88 Å². The first-order valence-corrected chi connectivity index (χ1v) is 5.83. The Hall–Kier alpha value is -2.90. The molecule has 2 aromatic rings. The maximum Gasteiger partial charge on any atom is 0.230 e. The molecule has 0 bridgehead atoms. The van der Waals surface area contributed by atoms with Crippen LogP contribution in [0.15, 0.2) is 18.3 Å². The minimum absolute atomic E-state index is 0.0190. The van der Waals surface area contributed by atoms with Crippen LogP contribution in [-0.4, -0.2) is 21.2 Å². The molecule has 0 spiro atoms. The minimum Gasteiger partial charge on any atom is -0.469 e. The van der Waals surface area contributed by atoms with E-state index in [1.165, 1.54) is 0 Å². The normalized spacial score (nSPS) is 11.8. The van der Waals surface area contributed by atoms with Crippen molar-refractivity contribution < 1.29 is 4.74 Å².